The Kier molecular flexibility index (Phi) is 3.65. The largest absolute Gasteiger partial charge is 0.253 e. The van der Waals surface area contributed by atoms with Crippen molar-refractivity contribution in [2.45, 2.75) is 31.1 Å². The Hall–Kier alpha value is -1.14. The van der Waals surface area contributed by atoms with E-state index in [-0.39, 0.29) is 11.2 Å². The highest BCUT2D eigenvalue weighted by molar-refractivity contribution is 7.85. The van der Waals surface area contributed by atoms with Crippen LogP contribution in [0.5, 0.6) is 0 Å². The Labute approximate surface area is 93.4 Å². The van der Waals surface area contributed by atoms with Crippen LogP contribution in [0.4, 0.5) is 0 Å². The van der Waals surface area contributed by atoms with Crippen LogP contribution < -0.4 is 0 Å². The molecule has 0 aliphatic heterocycles. The van der Waals surface area contributed by atoms with E-state index >= 15 is 0 Å². The predicted molar refractivity (Wildman–Crippen MR) is 62.0 cm³/mol. The summed E-state index contributed by atoms with van der Waals surface area (Å²) in [7, 11) is -1.18. The maximum atomic E-state index is 11.5. The lowest BCUT2D eigenvalue weighted by Gasteiger charge is -2.18. The molecule has 0 spiro atoms. The van der Waals surface area contributed by atoms with E-state index in [2.05, 4.69) is 20.8 Å². The summed E-state index contributed by atoms with van der Waals surface area (Å²) in [5.41, 5.74) is 1.31. The minimum absolute atomic E-state index is 0.0643. The van der Waals surface area contributed by atoms with Gasteiger partial charge in [-0.25, -0.2) is 0 Å². The molecule has 1 unspecified atom stereocenters. The molecular formula is C12H15NOS. The Bertz CT molecular complexity index is 395. The monoisotopic (exact) mass is 221 g/mol. The third kappa shape index (κ3) is 3.17. The molecule has 3 heteroatoms. The molecule has 0 N–H and O–H groups in total. The Balaban J connectivity index is 2.92. The normalized spacial score (nSPS) is 13.2. The van der Waals surface area contributed by atoms with E-state index < -0.39 is 10.8 Å². The molecule has 1 rings (SSSR count). The van der Waals surface area contributed by atoms with Crippen LogP contribution in [-0.4, -0.2) is 9.96 Å². The number of hydrogen-bond donors (Lipinski definition) is 0. The van der Waals surface area contributed by atoms with E-state index in [1.165, 1.54) is 5.56 Å². The standard InChI is InChI=1S/C12H15NOS/c1-12(2,3)10-4-6-11(7-5-10)15(14)9-8-13/h4-7H,9H2,1-3H3. The Morgan fingerprint density at radius 2 is 1.80 bits per heavy atom. The van der Waals surface area contributed by atoms with Crippen molar-refractivity contribution in [1.82, 2.24) is 0 Å². The molecule has 80 valence electrons. The SMILES string of the molecule is CC(C)(C)c1ccc(S(=O)CC#N)cc1. The predicted octanol–water partition coefficient (Wildman–Crippen LogP) is 2.62. The molecule has 0 saturated carbocycles. The van der Waals surface area contributed by atoms with Gasteiger partial charge < -0.3 is 0 Å². The smallest absolute Gasteiger partial charge is 0.115 e. The van der Waals surface area contributed by atoms with Crippen LogP contribution in [0.25, 0.3) is 0 Å². The van der Waals surface area contributed by atoms with E-state index in [0.717, 1.165) is 4.90 Å². The van der Waals surface area contributed by atoms with Gasteiger partial charge in [0.05, 0.1) is 16.9 Å². The first kappa shape index (κ1) is 11.9. The van der Waals surface area contributed by atoms with Crippen molar-refractivity contribution in [3.63, 3.8) is 0 Å². The van der Waals surface area contributed by atoms with E-state index in [1.54, 1.807) is 0 Å². The highest BCUT2D eigenvalue weighted by Gasteiger charge is 2.13. The minimum Gasteiger partial charge on any atom is -0.253 e. The lowest BCUT2D eigenvalue weighted by Crippen LogP contribution is -2.10. The van der Waals surface area contributed by atoms with Crippen LogP contribution >= 0.6 is 0 Å². The van der Waals surface area contributed by atoms with Crippen molar-refractivity contribution in [3.8, 4) is 6.07 Å². The fourth-order valence-corrected chi connectivity index (χ4v) is 1.97. The Morgan fingerprint density at radius 1 is 1.27 bits per heavy atom. The molecule has 2 nitrogen and oxygen atoms in total. The summed E-state index contributed by atoms with van der Waals surface area (Å²) < 4.78 is 11.5. The van der Waals surface area contributed by atoms with E-state index in [0.29, 0.717) is 0 Å². The van der Waals surface area contributed by atoms with Crippen LogP contribution in [0, 0.1) is 11.3 Å². The third-order valence-electron chi connectivity index (χ3n) is 2.18. The van der Waals surface area contributed by atoms with Gasteiger partial charge in [-0.2, -0.15) is 5.26 Å². The average Bonchev–Trinajstić information content (AvgIpc) is 2.17. The molecule has 0 aliphatic rings. The minimum atomic E-state index is -1.18. The summed E-state index contributed by atoms with van der Waals surface area (Å²) in [6.07, 6.45) is 0. The van der Waals surface area contributed by atoms with Crippen molar-refractivity contribution in [1.29, 1.82) is 5.26 Å². The lowest BCUT2D eigenvalue weighted by molar-refractivity contribution is 0.589. The van der Waals surface area contributed by atoms with Crippen molar-refractivity contribution in [2.75, 3.05) is 5.75 Å². The maximum Gasteiger partial charge on any atom is 0.115 e. The summed E-state index contributed by atoms with van der Waals surface area (Å²) in [6.45, 7) is 6.40. The zero-order valence-corrected chi connectivity index (χ0v) is 10.1. The van der Waals surface area contributed by atoms with Gasteiger partial charge in [-0.15, -0.1) is 0 Å². The lowest BCUT2D eigenvalue weighted by atomic mass is 9.87. The highest BCUT2D eigenvalue weighted by atomic mass is 32.2. The van der Waals surface area contributed by atoms with Gasteiger partial charge in [-0.1, -0.05) is 32.9 Å². The molecule has 15 heavy (non-hydrogen) atoms. The number of rotatable bonds is 2. The number of nitrogens with zero attached hydrogens (tertiary/aromatic N) is 1. The van der Waals surface area contributed by atoms with Gasteiger partial charge in [0.25, 0.3) is 0 Å². The third-order valence-corrected chi connectivity index (χ3v) is 3.37. The number of hydrogen-bond acceptors (Lipinski definition) is 2. The molecule has 1 aromatic rings. The first-order chi connectivity index (χ1) is 6.95. The zero-order valence-electron chi connectivity index (χ0n) is 9.28. The van der Waals surface area contributed by atoms with Crippen molar-refractivity contribution < 1.29 is 4.21 Å². The van der Waals surface area contributed by atoms with Gasteiger partial charge in [0.2, 0.25) is 0 Å². The summed E-state index contributed by atoms with van der Waals surface area (Å²) in [5, 5.41) is 8.44. The number of nitriles is 1. The average molecular weight is 221 g/mol. The second-order valence-corrected chi connectivity index (χ2v) is 5.87. The molecular weight excluding hydrogens is 206 g/mol. The summed E-state index contributed by atoms with van der Waals surface area (Å²) in [4.78, 5) is 0.726. The molecule has 0 bridgehead atoms. The molecule has 1 atom stereocenters. The molecule has 0 saturated heterocycles. The molecule has 0 amide bonds. The fraction of sp³-hybridized carbons (Fsp3) is 0.417. The van der Waals surface area contributed by atoms with Crippen LogP contribution in [0.1, 0.15) is 26.3 Å². The van der Waals surface area contributed by atoms with E-state index in [4.69, 9.17) is 5.26 Å². The second-order valence-electron chi connectivity index (χ2n) is 4.42. The van der Waals surface area contributed by atoms with Gasteiger partial charge in [-0.05, 0) is 23.1 Å². The van der Waals surface area contributed by atoms with Crippen molar-refractivity contribution in [2.24, 2.45) is 0 Å². The van der Waals surface area contributed by atoms with Crippen molar-refractivity contribution in [3.05, 3.63) is 29.8 Å². The molecule has 0 radical (unpaired) electrons. The van der Waals surface area contributed by atoms with E-state index in [9.17, 15) is 4.21 Å². The molecule has 0 aromatic heterocycles. The summed E-state index contributed by atoms with van der Waals surface area (Å²) in [6, 6.07) is 9.55. The fourth-order valence-electron chi connectivity index (χ4n) is 1.25. The maximum absolute atomic E-state index is 11.5. The van der Waals surface area contributed by atoms with Gasteiger partial charge in [0.15, 0.2) is 0 Å². The molecule has 0 heterocycles. The quantitative estimate of drug-likeness (QED) is 0.770. The van der Waals surface area contributed by atoms with Gasteiger partial charge in [0.1, 0.15) is 5.75 Å². The van der Waals surface area contributed by atoms with Gasteiger partial charge >= 0.3 is 0 Å². The first-order valence-electron chi connectivity index (χ1n) is 4.81. The van der Waals surface area contributed by atoms with Crippen LogP contribution in [0.15, 0.2) is 29.2 Å². The summed E-state index contributed by atoms with van der Waals surface area (Å²) in [5.74, 6) is 0.0643. The Morgan fingerprint density at radius 3 is 2.20 bits per heavy atom. The van der Waals surface area contributed by atoms with Crippen LogP contribution in [-0.2, 0) is 16.2 Å². The molecule has 0 aliphatic carbocycles. The second kappa shape index (κ2) is 4.59. The van der Waals surface area contributed by atoms with Gasteiger partial charge in [0, 0.05) is 4.90 Å². The summed E-state index contributed by atoms with van der Waals surface area (Å²) >= 11 is 0. The van der Waals surface area contributed by atoms with Gasteiger partial charge in [-0.3, -0.25) is 4.21 Å². The van der Waals surface area contributed by atoms with Crippen molar-refractivity contribution >= 4 is 10.8 Å². The molecule has 0 fully saturated rings. The van der Waals surface area contributed by atoms with Crippen LogP contribution in [0.3, 0.4) is 0 Å². The zero-order chi connectivity index (χ0) is 11.5. The van der Waals surface area contributed by atoms with Crippen LogP contribution in [0.2, 0.25) is 0 Å². The van der Waals surface area contributed by atoms with E-state index in [1.807, 2.05) is 30.3 Å². The molecule has 1 aromatic carbocycles. The highest BCUT2D eigenvalue weighted by Crippen LogP contribution is 2.22. The first-order valence-corrected chi connectivity index (χ1v) is 6.13. The number of benzene rings is 1. The topological polar surface area (TPSA) is 40.9 Å².